The molecule has 0 radical (unpaired) electrons. The van der Waals surface area contributed by atoms with E-state index in [1.807, 2.05) is 17.0 Å². The van der Waals surface area contributed by atoms with Gasteiger partial charge < -0.3 is 9.32 Å². The number of carbonyl (C=O) groups excluding carboxylic acids is 1. The van der Waals surface area contributed by atoms with E-state index in [1.165, 1.54) is 0 Å². The number of amides is 1. The maximum absolute atomic E-state index is 12.5. The van der Waals surface area contributed by atoms with E-state index in [0.717, 1.165) is 25.4 Å². The lowest BCUT2D eigenvalue weighted by Crippen LogP contribution is -2.48. The standard InChI is InChI=1S/C16H16Cl2N2O2/c17-13-8-12(9-14(18)10-13)16(21)20-5-3-19(4-6-20)11-15-2-1-7-22-15/h1-2,7-10H,3-6,11H2. The lowest BCUT2D eigenvalue weighted by Gasteiger charge is -2.34. The number of hydrogen-bond donors (Lipinski definition) is 0. The molecule has 1 aliphatic rings. The van der Waals surface area contributed by atoms with Crippen molar-refractivity contribution in [3.05, 3.63) is 58.0 Å². The molecule has 0 bridgehead atoms. The molecule has 0 spiro atoms. The Labute approximate surface area is 139 Å². The minimum absolute atomic E-state index is 0.0259. The Kier molecular flexibility index (Phi) is 4.71. The van der Waals surface area contributed by atoms with Crippen LogP contribution in [0.3, 0.4) is 0 Å². The van der Waals surface area contributed by atoms with Crippen molar-refractivity contribution >= 4 is 29.1 Å². The Morgan fingerprint density at radius 3 is 2.36 bits per heavy atom. The normalized spacial score (nSPS) is 16.0. The fourth-order valence-corrected chi connectivity index (χ4v) is 3.12. The third-order valence-corrected chi connectivity index (χ3v) is 4.16. The summed E-state index contributed by atoms with van der Waals surface area (Å²) in [6, 6.07) is 8.79. The van der Waals surface area contributed by atoms with E-state index in [0.29, 0.717) is 28.7 Å². The molecule has 1 aromatic heterocycles. The van der Waals surface area contributed by atoms with Gasteiger partial charge in [0.05, 0.1) is 12.8 Å². The van der Waals surface area contributed by atoms with Crippen LogP contribution in [0.15, 0.2) is 41.0 Å². The Morgan fingerprint density at radius 1 is 1.09 bits per heavy atom. The molecule has 0 unspecified atom stereocenters. The van der Waals surface area contributed by atoms with Crippen LogP contribution in [0.4, 0.5) is 0 Å². The first-order chi connectivity index (χ1) is 10.6. The molecular formula is C16H16Cl2N2O2. The molecule has 116 valence electrons. The summed E-state index contributed by atoms with van der Waals surface area (Å²) in [6.07, 6.45) is 1.68. The van der Waals surface area contributed by atoms with Gasteiger partial charge in [-0.2, -0.15) is 0 Å². The van der Waals surface area contributed by atoms with Gasteiger partial charge in [0, 0.05) is 41.8 Å². The second-order valence-corrected chi connectivity index (χ2v) is 6.18. The highest BCUT2D eigenvalue weighted by Crippen LogP contribution is 2.21. The molecule has 0 N–H and O–H groups in total. The molecule has 1 fully saturated rings. The van der Waals surface area contributed by atoms with E-state index in [2.05, 4.69) is 4.90 Å². The monoisotopic (exact) mass is 338 g/mol. The van der Waals surface area contributed by atoms with Crippen LogP contribution in [0.2, 0.25) is 10.0 Å². The van der Waals surface area contributed by atoms with Crippen LogP contribution in [-0.2, 0) is 6.54 Å². The molecule has 2 heterocycles. The fourth-order valence-electron chi connectivity index (χ4n) is 2.59. The first kappa shape index (κ1) is 15.4. The molecule has 2 aromatic rings. The number of furan rings is 1. The molecule has 22 heavy (non-hydrogen) atoms. The predicted octanol–water partition coefficient (Wildman–Crippen LogP) is 3.54. The first-order valence-electron chi connectivity index (χ1n) is 7.12. The van der Waals surface area contributed by atoms with E-state index in [1.54, 1.807) is 24.5 Å². The molecule has 1 aliphatic heterocycles. The Bertz CT molecular complexity index is 630. The molecule has 3 rings (SSSR count). The van der Waals surface area contributed by atoms with Gasteiger partial charge in [0.2, 0.25) is 0 Å². The van der Waals surface area contributed by atoms with Crippen LogP contribution >= 0.6 is 23.2 Å². The summed E-state index contributed by atoms with van der Waals surface area (Å²) in [5.74, 6) is 0.920. The van der Waals surface area contributed by atoms with E-state index in [9.17, 15) is 4.79 Å². The summed E-state index contributed by atoms with van der Waals surface area (Å²) in [6.45, 7) is 3.78. The van der Waals surface area contributed by atoms with Gasteiger partial charge in [0.1, 0.15) is 5.76 Å². The summed E-state index contributed by atoms with van der Waals surface area (Å²) >= 11 is 11.9. The smallest absolute Gasteiger partial charge is 0.254 e. The molecular weight excluding hydrogens is 323 g/mol. The maximum atomic E-state index is 12.5. The van der Waals surface area contributed by atoms with Crippen molar-refractivity contribution in [3.63, 3.8) is 0 Å². The second kappa shape index (κ2) is 6.73. The summed E-state index contributed by atoms with van der Waals surface area (Å²) in [5.41, 5.74) is 0.539. The van der Waals surface area contributed by atoms with Crippen molar-refractivity contribution in [2.24, 2.45) is 0 Å². The van der Waals surface area contributed by atoms with Crippen LogP contribution in [-0.4, -0.2) is 41.9 Å². The van der Waals surface area contributed by atoms with E-state index < -0.39 is 0 Å². The zero-order valence-corrected chi connectivity index (χ0v) is 13.5. The zero-order valence-electron chi connectivity index (χ0n) is 12.0. The van der Waals surface area contributed by atoms with Crippen LogP contribution in [0, 0.1) is 0 Å². The van der Waals surface area contributed by atoms with Gasteiger partial charge in [-0.3, -0.25) is 9.69 Å². The Morgan fingerprint density at radius 2 is 1.77 bits per heavy atom. The van der Waals surface area contributed by atoms with Gasteiger partial charge in [0.25, 0.3) is 5.91 Å². The molecule has 6 heteroatoms. The summed E-state index contributed by atoms with van der Waals surface area (Å²) in [4.78, 5) is 16.6. The number of piperazine rings is 1. The number of halogens is 2. The largest absolute Gasteiger partial charge is 0.468 e. The minimum Gasteiger partial charge on any atom is -0.468 e. The SMILES string of the molecule is O=C(c1cc(Cl)cc(Cl)c1)N1CCN(Cc2ccco2)CC1. The zero-order chi connectivity index (χ0) is 15.5. The van der Waals surface area contributed by atoms with Gasteiger partial charge in [-0.25, -0.2) is 0 Å². The lowest BCUT2D eigenvalue weighted by atomic mass is 10.2. The molecule has 1 saturated heterocycles. The molecule has 4 nitrogen and oxygen atoms in total. The van der Waals surface area contributed by atoms with Crippen molar-refractivity contribution in [2.45, 2.75) is 6.54 Å². The van der Waals surface area contributed by atoms with Crippen molar-refractivity contribution in [3.8, 4) is 0 Å². The summed E-state index contributed by atoms with van der Waals surface area (Å²) in [5, 5.41) is 0.958. The van der Waals surface area contributed by atoms with E-state index in [-0.39, 0.29) is 5.91 Å². The van der Waals surface area contributed by atoms with Crippen molar-refractivity contribution in [2.75, 3.05) is 26.2 Å². The molecule has 1 aromatic carbocycles. The van der Waals surface area contributed by atoms with E-state index in [4.69, 9.17) is 27.6 Å². The molecule has 0 saturated carbocycles. The third-order valence-electron chi connectivity index (χ3n) is 3.73. The summed E-state index contributed by atoms with van der Waals surface area (Å²) < 4.78 is 5.35. The van der Waals surface area contributed by atoms with Crippen LogP contribution in [0.1, 0.15) is 16.1 Å². The van der Waals surface area contributed by atoms with Gasteiger partial charge in [-0.1, -0.05) is 23.2 Å². The average Bonchev–Trinajstić information content (AvgIpc) is 2.99. The highest BCUT2D eigenvalue weighted by Gasteiger charge is 2.23. The Balaban J connectivity index is 1.59. The third kappa shape index (κ3) is 3.64. The van der Waals surface area contributed by atoms with Crippen LogP contribution in [0.25, 0.3) is 0 Å². The quantitative estimate of drug-likeness (QED) is 0.858. The lowest BCUT2D eigenvalue weighted by molar-refractivity contribution is 0.0620. The van der Waals surface area contributed by atoms with Crippen LogP contribution in [0.5, 0.6) is 0 Å². The molecule has 1 amide bonds. The fraction of sp³-hybridized carbons (Fsp3) is 0.312. The van der Waals surface area contributed by atoms with E-state index >= 15 is 0 Å². The molecule has 0 aliphatic carbocycles. The van der Waals surface area contributed by atoms with Gasteiger partial charge in [-0.15, -0.1) is 0 Å². The number of rotatable bonds is 3. The topological polar surface area (TPSA) is 36.7 Å². The minimum atomic E-state index is -0.0259. The van der Waals surface area contributed by atoms with Crippen molar-refractivity contribution in [1.82, 2.24) is 9.80 Å². The maximum Gasteiger partial charge on any atom is 0.254 e. The number of carbonyl (C=O) groups is 1. The summed E-state index contributed by atoms with van der Waals surface area (Å²) in [7, 11) is 0. The second-order valence-electron chi connectivity index (χ2n) is 5.31. The average molecular weight is 339 g/mol. The number of benzene rings is 1. The number of hydrogen-bond acceptors (Lipinski definition) is 3. The Hall–Kier alpha value is -1.49. The highest BCUT2D eigenvalue weighted by atomic mass is 35.5. The first-order valence-corrected chi connectivity index (χ1v) is 7.87. The molecule has 0 atom stereocenters. The van der Waals surface area contributed by atoms with Gasteiger partial charge >= 0.3 is 0 Å². The van der Waals surface area contributed by atoms with Gasteiger partial charge in [-0.05, 0) is 30.3 Å². The highest BCUT2D eigenvalue weighted by molar-refractivity contribution is 6.35. The van der Waals surface area contributed by atoms with Crippen molar-refractivity contribution in [1.29, 1.82) is 0 Å². The predicted molar refractivity (Wildman–Crippen MR) is 86.4 cm³/mol. The number of nitrogens with zero attached hydrogens (tertiary/aromatic N) is 2. The van der Waals surface area contributed by atoms with Crippen molar-refractivity contribution < 1.29 is 9.21 Å². The van der Waals surface area contributed by atoms with Crippen LogP contribution < -0.4 is 0 Å². The van der Waals surface area contributed by atoms with Gasteiger partial charge in [0.15, 0.2) is 0 Å².